The number of aliphatic hydroxyl groups excluding tert-OH is 1. The van der Waals surface area contributed by atoms with Crippen molar-refractivity contribution >= 4 is 39.7 Å². The zero-order chi connectivity index (χ0) is 38.0. The van der Waals surface area contributed by atoms with E-state index in [-0.39, 0.29) is 35.9 Å². The van der Waals surface area contributed by atoms with E-state index in [0.717, 1.165) is 10.8 Å². The molecule has 10 nitrogen and oxygen atoms in total. The lowest BCUT2D eigenvalue weighted by Gasteiger charge is -2.38. The van der Waals surface area contributed by atoms with Crippen molar-refractivity contribution in [1.29, 1.82) is 0 Å². The maximum Gasteiger partial charge on any atom is 0.374 e. The van der Waals surface area contributed by atoms with E-state index in [4.69, 9.17) is 27.8 Å². The van der Waals surface area contributed by atoms with Gasteiger partial charge in [0.05, 0.1) is 32.3 Å². The van der Waals surface area contributed by atoms with Crippen LogP contribution in [0.5, 0.6) is 11.5 Å². The summed E-state index contributed by atoms with van der Waals surface area (Å²) in [6.07, 6.45) is -0.617. The van der Waals surface area contributed by atoms with Crippen LogP contribution in [0.15, 0.2) is 45.2 Å². The van der Waals surface area contributed by atoms with Crippen LogP contribution < -0.4 is 9.47 Å². The highest BCUT2D eigenvalue weighted by molar-refractivity contribution is 5.97. The summed E-state index contributed by atoms with van der Waals surface area (Å²) in [7, 11) is 3.18. The van der Waals surface area contributed by atoms with E-state index in [1.165, 1.54) is 0 Å². The van der Waals surface area contributed by atoms with Gasteiger partial charge in [-0.2, -0.15) is 0 Å². The Morgan fingerprint density at radius 1 is 0.680 bits per heavy atom. The first-order valence-electron chi connectivity index (χ1n) is 16.7. The minimum Gasteiger partial charge on any atom is -0.497 e. The van der Waals surface area contributed by atoms with Gasteiger partial charge in [-0.25, -0.2) is 9.59 Å². The second-order valence-electron chi connectivity index (χ2n) is 16.2. The van der Waals surface area contributed by atoms with Crippen molar-refractivity contribution in [3.05, 3.63) is 59.0 Å². The molecule has 0 saturated carbocycles. The molecule has 2 heterocycles. The summed E-state index contributed by atoms with van der Waals surface area (Å²) in [5, 5.41) is 12.1. The van der Waals surface area contributed by atoms with Gasteiger partial charge in [-0.3, -0.25) is 4.79 Å². The van der Waals surface area contributed by atoms with Crippen LogP contribution in [0.3, 0.4) is 0 Å². The molecule has 0 saturated heterocycles. The Labute approximate surface area is 295 Å². The maximum atomic E-state index is 12.5. The number of esters is 2. The molecule has 0 amide bonds. The highest BCUT2D eigenvalue weighted by Crippen LogP contribution is 2.35. The molecule has 0 aliphatic carbocycles. The quantitative estimate of drug-likeness (QED) is 0.160. The summed E-state index contributed by atoms with van der Waals surface area (Å²) in [6.45, 7) is 22.5. The topological polar surface area (TPSA) is 135 Å². The van der Waals surface area contributed by atoms with Crippen LogP contribution in [-0.2, 0) is 14.3 Å². The van der Waals surface area contributed by atoms with Gasteiger partial charge in [-0.1, -0.05) is 55.4 Å². The zero-order valence-corrected chi connectivity index (χ0v) is 32.1. The summed E-state index contributed by atoms with van der Waals surface area (Å²) in [5.74, 6) is 0.675. The average molecular weight is 695 g/mol. The maximum absolute atomic E-state index is 12.5. The number of hydrogen-bond donors (Lipinski definition) is 1. The normalized spacial score (nSPS) is 13.0. The number of rotatable bonds is 10. The minimum absolute atomic E-state index is 0.00173. The van der Waals surface area contributed by atoms with Crippen LogP contribution in [0.4, 0.5) is 0 Å². The van der Waals surface area contributed by atoms with Crippen LogP contribution >= 0.6 is 0 Å². The molecule has 0 bridgehead atoms. The molecule has 1 unspecified atom stereocenters. The molecule has 2 aromatic heterocycles. The smallest absolute Gasteiger partial charge is 0.374 e. The van der Waals surface area contributed by atoms with Gasteiger partial charge in [0.25, 0.3) is 0 Å². The summed E-state index contributed by atoms with van der Waals surface area (Å²) in [5.41, 5.74) is 0.471. The molecule has 50 heavy (non-hydrogen) atoms. The van der Waals surface area contributed by atoms with E-state index >= 15 is 0 Å². The second kappa shape index (κ2) is 14.9. The summed E-state index contributed by atoms with van der Waals surface area (Å²) < 4.78 is 32.6. The van der Waals surface area contributed by atoms with Gasteiger partial charge in [0.1, 0.15) is 35.1 Å². The number of aliphatic hydroxyl groups is 1. The number of fused-ring (bicyclic) bond motifs is 2. The van der Waals surface area contributed by atoms with Gasteiger partial charge in [-0.05, 0) is 69.5 Å². The third kappa shape index (κ3) is 9.07. The Morgan fingerprint density at radius 3 is 1.44 bits per heavy atom. The molecular formula is C40H54O10. The number of aryl methyl sites for hydroxylation is 2. The fraction of sp³-hybridized carbons (Fsp3) is 0.525. The number of benzene rings is 2. The van der Waals surface area contributed by atoms with E-state index in [0.29, 0.717) is 33.8 Å². The van der Waals surface area contributed by atoms with Crippen molar-refractivity contribution in [2.24, 2.45) is 21.7 Å². The van der Waals surface area contributed by atoms with Crippen molar-refractivity contribution in [2.75, 3.05) is 27.4 Å². The molecule has 10 heteroatoms. The van der Waals surface area contributed by atoms with Crippen LogP contribution in [0.25, 0.3) is 21.9 Å². The zero-order valence-electron chi connectivity index (χ0n) is 32.1. The second-order valence-corrected chi connectivity index (χ2v) is 16.2. The number of ether oxygens (including phenoxy) is 4. The number of ketones is 1. The predicted octanol–water partition coefficient (Wildman–Crippen LogP) is 8.89. The van der Waals surface area contributed by atoms with Crippen molar-refractivity contribution < 1.29 is 47.3 Å². The lowest BCUT2D eigenvalue weighted by molar-refractivity contribution is -0.137. The molecule has 4 rings (SSSR count). The van der Waals surface area contributed by atoms with Gasteiger partial charge < -0.3 is 32.9 Å². The summed E-state index contributed by atoms with van der Waals surface area (Å²) in [4.78, 5) is 37.4. The largest absolute Gasteiger partial charge is 0.497 e. The lowest BCUT2D eigenvalue weighted by atomic mass is 9.73. The predicted molar refractivity (Wildman–Crippen MR) is 193 cm³/mol. The number of carbonyl (C=O) groups excluding carboxylic acids is 3. The van der Waals surface area contributed by atoms with E-state index in [2.05, 4.69) is 0 Å². The van der Waals surface area contributed by atoms with Gasteiger partial charge in [0, 0.05) is 32.7 Å². The Morgan fingerprint density at radius 2 is 1.08 bits per heavy atom. The van der Waals surface area contributed by atoms with Gasteiger partial charge in [0.2, 0.25) is 11.5 Å². The third-order valence-electron chi connectivity index (χ3n) is 8.65. The number of carbonyl (C=O) groups is 3. The molecule has 0 aliphatic rings. The SMILES string of the molecule is COc1ccc2oc(C(=O)OCC(C)(C)C(=O)C(C)(C)C)c(C)c2c1.COc1ccc2oc(C(=O)OCC(C)(C)C(O)C(C)(C)C)c(C)c2c1. The summed E-state index contributed by atoms with van der Waals surface area (Å²) in [6, 6.07) is 10.7. The molecule has 1 N–H and O–H groups in total. The van der Waals surface area contributed by atoms with E-state index < -0.39 is 34.3 Å². The Kier molecular flexibility index (Phi) is 11.9. The van der Waals surface area contributed by atoms with Gasteiger partial charge in [0.15, 0.2) is 0 Å². The molecule has 0 spiro atoms. The fourth-order valence-electron chi connectivity index (χ4n) is 6.00. The first-order chi connectivity index (χ1) is 22.9. The first kappa shape index (κ1) is 40.1. The Bertz CT molecular complexity index is 1840. The molecule has 1 atom stereocenters. The average Bonchev–Trinajstić information content (AvgIpc) is 3.56. The number of hydrogen-bond acceptors (Lipinski definition) is 10. The van der Waals surface area contributed by atoms with E-state index in [1.807, 2.05) is 74.4 Å². The highest BCUT2D eigenvalue weighted by Gasteiger charge is 2.39. The molecule has 0 fully saturated rings. The van der Waals surface area contributed by atoms with E-state index in [1.54, 1.807) is 59.3 Å². The molecule has 0 radical (unpaired) electrons. The first-order valence-corrected chi connectivity index (χ1v) is 16.7. The highest BCUT2D eigenvalue weighted by atomic mass is 16.6. The molecular weight excluding hydrogens is 640 g/mol. The van der Waals surface area contributed by atoms with Gasteiger partial charge in [-0.15, -0.1) is 0 Å². The van der Waals surface area contributed by atoms with Crippen LogP contribution in [0, 0.1) is 35.5 Å². The minimum atomic E-state index is -0.767. The Balaban J connectivity index is 0.000000270. The molecule has 0 aliphatic heterocycles. The molecule has 4 aromatic rings. The van der Waals surface area contributed by atoms with Crippen molar-refractivity contribution in [3.8, 4) is 11.5 Å². The van der Waals surface area contributed by atoms with Crippen molar-refractivity contribution in [2.45, 2.75) is 89.2 Å². The number of furan rings is 2. The lowest BCUT2D eigenvalue weighted by Crippen LogP contribution is -2.43. The summed E-state index contributed by atoms with van der Waals surface area (Å²) >= 11 is 0. The molecule has 274 valence electrons. The van der Waals surface area contributed by atoms with Crippen LogP contribution in [0.2, 0.25) is 0 Å². The number of methoxy groups -OCH3 is 2. The van der Waals surface area contributed by atoms with Crippen LogP contribution in [-0.4, -0.2) is 56.4 Å². The van der Waals surface area contributed by atoms with Gasteiger partial charge >= 0.3 is 11.9 Å². The monoisotopic (exact) mass is 694 g/mol. The van der Waals surface area contributed by atoms with Crippen molar-refractivity contribution in [3.63, 3.8) is 0 Å². The van der Waals surface area contributed by atoms with E-state index in [9.17, 15) is 19.5 Å². The Hall–Kier alpha value is -4.31. The van der Waals surface area contributed by atoms with Crippen molar-refractivity contribution in [1.82, 2.24) is 0 Å². The fourth-order valence-corrected chi connectivity index (χ4v) is 6.00. The standard InChI is InChI=1S/C20H28O5.C20H26O5/c2*1-12-14-10-13(23-7)8-9-15(14)25-16(12)17(21)24-11-20(5,6)18(22)19(2,3)4/h8-10,18,22H,11H2,1-7H3;8-10H,11H2,1-7H3. The number of Topliss-reactive ketones (excluding diaryl/α,β-unsaturated/α-hetero) is 1. The third-order valence-corrected chi connectivity index (χ3v) is 8.65. The van der Waals surface area contributed by atoms with Crippen LogP contribution in [0.1, 0.15) is 101 Å². The molecule has 2 aromatic carbocycles.